The van der Waals surface area contributed by atoms with Crippen molar-refractivity contribution < 1.29 is 0 Å². The number of aromatic nitrogens is 1. The summed E-state index contributed by atoms with van der Waals surface area (Å²) in [6.07, 6.45) is 3.81. The third-order valence-corrected chi connectivity index (χ3v) is 2.65. The van der Waals surface area contributed by atoms with E-state index in [2.05, 4.69) is 20.9 Å². The molecule has 1 aromatic carbocycles. The number of nitrogens with one attached hydrogen (secondary N) is 1. The molecule has 0 bridgehead atoms. The van der Waals surface area contributed by atoms with Crippen molar-refractivity contribution in [3.8, 4) is 11.1 Å². The highest BCUT2D eigenvalue weighted by atomic mass is 79.9. The lowest BCUT2D eigenvalue weighted by molar-refractivity contribution is 1.41. The Kier molecular flexibility index (Phi) is 2.10. The molecular weight excluding hydrogens is 228 g/mol. The lowest BCUT2D eigenvalue weighted by Gasteiger charge is -2.04. The molecule has 3 N–H and O–H groups in total. The number of nitrogen functional groups attached to an aromatic ring is 1. The zero-order valence-electron chi connectivity index (χ0n) is 6.92. The third kappa shape index (κ3) is 1.47. The van der Waals surface area contributed by atoms with Crippen molar-refractivity contribution in [1.82, 2.24) is 4.98 Å². The Bertz CT molecular complexity index is 407. The van der Waals surface area contributed by atoms with Gasteiger partial charge in [-0.15, -0.1) is 0 Å². The number of hydrogen-bond donors (Lipinski definition) is 2. The predicted octanol–water partition coefficient (Wildman–Crippen LogP) is 3.03. The molecule has 2 aromatic rings. The maximum Gasteiger partial charge on any atom is 0.0538 e. The summed E-state index contributed by atoms with van der Waals surface area (Å²) in [5.41, 5.74) is 8.85. The first-order valence-corrected chi connectivity index (χ1v) is 4.75. The van der Waals surface area contributed by atoms with Gasteiger partial charge in [0.1, 0.15) is 0 Å². The molecule has 0 aliphatic carbocycles. The van der Waals surface area contributed by atoms with Gasteiger partial charge >= 0.3 is 0 Å². The molecule has 3 heteroatoms. The molecule has 1 aromatic heterocycles. The van der Waals surface area contributed by atoms with E-state index in [-0.39, 0.29) is 0 Å². The minimum absolute atomic E-state index is 0.780. The largest absolute Gasteiger partial charge is 0.397 e. The summed E-state index contributed by atoms with van der Waals surface area (Å²) in [5, 5.41) is 0. The number of aromatic amines is 1. The summed E-state index contributed by atoms with van der Waals surface area (Å²) in [6.45, 7) is 0. The molecule has 0 amide bonds. The molecule has 1 heterocycles. The minimum atomic E-state index is 0.780. The van der Waals surface area contributed by atoms with E-state index in [0.717, 1.165) is 21.3 Å². The molecule has 0 unspecified atom stereocenters. The first-order valence-electron chi connectivity index (χ1n) is 3.96. The van der Waals surface area contributed by atoms with Crippen LogP contribution >= 0.6 is 15.9 Å². The zero-order valence-corrected chi connectivity index (χ0v) is 8.51. The molecule has 0 aliphatic heterocycles. The second-order valence-electron chi connectivity index (χ2n) is 2.80. The second-order valence-corrected chi connectivity index (χ2v) is 3.66. The van der Waals surface area contributed by atoms with Gasteiger partial charge in [0.25, 0.3) is 0 Å². The highest BCUT2D eigenvalue weighted by Gasteiger charge is 2.04. The van der Waals surface area contributed by atoms with Crippen LogP contribution < -0.4 is 5.73 Å². The number of H-pyrrole nitrogens is 1. The Labute approximate surface area is 84.9 Å². The van der Waals surface area contributed by atoms with Crippen LogP contribution in [0.15, 0.2) is 41.1 Å². The summed E-state index contributed by atoms with van der Waals surface area (Å²) in [7, 11) is 0. The average Bonchev–Trinajstić information content (AvgIpc) is 2.62. The van der Waals surface area contributed by atoms with Gasteiger partial charge in [0.15, 0.2) is 0 Å². The van der Waals surface area contributed by atoms with Crippen LogP contribution in [-0.4, -0.2) is 4.98 Å². The van der Waals surface area contributed by atoms with Gasteiger partial charge in [-0.1, -0.05) is 12.1 Å². The molecule has 0 saturated carbocycles. The Balaban J connectivity index is 2.59. The van der Waals surface area contributed by atoms with Crippen LogP contribution in [0.3, 0.4) is 0 Å². The van der Waals surface area contributed by atoms with E-state index >= 15 is 0 Å². The Morgan fingerprint density at radius 1 is 1.23 bits per heavy atom. The van der Waals surface area contributed by atoms with Crippen molar-refractivity contribution in [1.29, 1.82) is 0 Å². The van der Waals surface area contributed by atoms with Crippen molar-refractivity contribution in [2.24, 2.45) is 0 Å². The zero-order chi connectivity index (χ0) is 9.26. The van der Waals surface area contributed by atoms with E-state index in [4.69, 9.17) is 5.73 Å². The van der Waals surface area contributed by atoms with Gasteiger partial charge in [-0.05, 0) is 28.1 Å². The number of para-hydroxylation sites is 1. The lowest BCUT2D eigenvalue weighted by atomic mass is 10.1. The van der Waals surface area contributed by atoms with Crippen LogP contribution in [0.4, 0.5) is 5.69 Å². The van der Waals surface area contributed by atoms with E-state index in [0.29, 0.717) is 0 Å². The summed E-state index contributed by atoms with van der Waals surface area (Å²) >= 11 is 3.40. The van der Waals surface area contributed by atoms with Crippen LogP contribution in [0.5, 0.6) is 0 Å². The minimum Gasteiger partial charge on any atom is -0.397 e. The van der Waals surface area contributed by atoms with Crippen molar-refractivity contribution in [2.75, 3.05) is 5.73 Å². The highest BCUT2D eigenvalue weighted by Crippen LogP contribution is 2.30. The van der Waals surface area contributed by atoms with Crippen LogP contribution in [-0.2, 0) is 0 Å². The monoisotopic (exact) mass is 236 g/mol. The van der Waals surface area contributed by atoms with Crippen molar-refractivity contribution in [3.05, 3.63) is 41.1 Å². The van der Waals surface area contributed by atoms with Crippen molar-refractivity contribution >= 4 is 21.6 Å². The molecule has 66 valence electrons. The normalized spacial score (nSPS) is 10.2. The molecule has 0 radical (unpaired) electrons. The molecular formula is C10H9BrN2. The second kappa shape index (κ2) is 3.26. The fourth-order valence-electron chi connectivity index (χ4n) is 1.28. The van der Waals surface area contributed by atoms with E-state index in [1.54, 1.807) is 0 Å². The molecule has 0 fully saturated rings. The first-order chi connectivity index (χ1) is 6.29. The van der Waals surface area contributed by atoms with Gasteiger partial charge in [0.05, 0.1) is 5.69 Å². The molecule has 0 aliphatic rings. The third-order valence-electron chi connectivity index (χ3n) is 1.96. The van der Waals surface area contributed by atoms with E-state index in [1.807, 2.05) is 36.7 Å². The lowest BCUT2D eigenvalue weighted by Crippen LogP contribution is -1.89. The number of benzene rings is 1. The number of nitrogens with two attached hydrogens (primary N) is 1. The number of halogens is 1. The molecule has 0 saturated heterocycles. The maximum atomic E-state index is 5.91. The number of hydrogen-bond acceptors (Lipinski definition) is 1. The van der Waals surface area contributed by atoms with Crippen LogP contribution in [0.1, 0.15) is 0 Å². The van der Waals surface area contributed by atoms with Crippen molar-refractivity contribution in [3.63, 3.8) is 0 Å². The Morgan fingerprint density at radius 2 is 2.08 bits per heavy atom. The summed E-state index contributed by atoms with van der Waals surface area (Å²) in [6, 6.07) is 7.91. The van der Waals surface area contributed by atoms with Gasteiger partial charge < -0.3 is 10.7 Å². The fourth-order valence-corrected chi connectivity index (χ4v) is 1.65. The van der Waals surface area contributed by atoms with Gasteiger partial charge in [0.2, 0.25) is 0 Å². The Hall–Kier alpha value is -1.22. The van der Waals surface area contributed by atoms with Gasteiger partial charge in [0, 0.05) is 28.0 Å². The summed E-state index contributed by atoms with van der Waals surface area (Å²) < 4.78 is 0.936. The van der Waals surface area contributed by atoms with Crippen LogP contribution in [0.25, 0.3) is 11.1 Å². The van der Waals surface area contributed by atoms with Crippen LogP contribution in [0, 0.1) is 0 Å². The maximum absolute atomic E-state index is 5.91. The van der Waals surface area contributed by atoms with Gasteiger partial charge in [-0.3, -0.25) is 0 Å². The highest BCUT2D eigenvalue weighted by molar-refractivity contribution is 9.10. The van der Waals surface area contributed by atoms with Crippen LogP contribution in [0.2, 0.25) is 0 Å². The number of anilines is 1. The molecule has 0 spiro atoms. The topological polar surface area (TPSA) is 41.8 Å². The smallest absolute Gasteiger partial charge is 0.0538 e. The molecule has 2 rings (SSSR count). The predicted molar refractivity (Wildman–Crippen MR) is 58.3 cm³/mol. The standard InChI is InChI=1S/C10H9BrN2/c11-9-3-1-2-8(10(9)12)7-4-5-13-6-7/h1-6,13H,12H2. The van der Waals surface area contributed by atoms with Gasteiger partial charge in [-0.25, -0.2) is 0 Å². The Morgan fingerprint density at radius 3 is 2.77 bits per heavy atom. The molecule has 2 nitrogen and oxygen atoms in total. The molecule has 0 atom stereocenters. The van der Waals surface area contributed by atoms with E-state index in [1.165, 1.54) is 0 Å². The van der Waals surface area contributed by atoms with E-state index in [9.17, 15) is 0 Å². The first kappa shape index (κ1) is 8.38. The van der Waals surface area contributed by atoms with Crippen molar-refractivity contribution in [2.45, 2.75) is 0 Å². The summed E-state index contributed by atoms with van der Waals surface area (Å²) in [5.74, 6) is 0. The molecule has 13 heavy (non-hydrogen) atoms. The summed E-state index contributed by atoms with van der Waals surface area (Å²) in [4.78, 5) is 3.00. The SMILES string of the molecule is Nc1c(Br)cccc1-c1cc[nH]c1. The van der Waals surface area contributed by atoms with E-state index < -0.39 is 0 Å². The fraction of sp³-hybridized carbons (Fsp3) is 0. The quantitative estimate of drug-likeness (QED) is 0.735. The number of rotatable bonds is 1. The average molecular weight is 237 g/mol. The van der Waals surface area contributed by atoms with Gasteiger partial charge in [-0.2, -0.15) is 0 Å².